The molecular weight excluding hydrogens is 583 g/mol. The molecule has 2 aromatic rings. The van der Waals surface area contributed by atoms with E-state index in [0.717, 1.165) is 5.56 Å². The molecule has 1 amide bonds. The molecule has 1 aliphatic carbocycles. The number of epoxide rings is 1. The highest BCUT2D eigenvalue weighted by Crippen LogP contribution is 2.59. The lowest BCUT2D eigenvalue weighted by Gasteiger charge is -2.60. The van der Waals surface area contributed by atoms with Crippen LogP contribution in [0.25, 0.3) is 0 Å². The minimum absolute atomic E-state index is 0.134. The van der Waals surface area contributed by atoms with Gasteiger partial charge in [-0.05, 0) is 55.5 Å². The summed E-state index contributed by atoms with van der Waals surface area (Å²) < 4.78 is 26.0. The van der Waals surface area contributed by atoms with Crippen molar-refractivity contribution in [2.75, 3.05) is 6.61 Å². The summed E-state index contributed by atoms with van der Waals surface area (Å²) in [7, 11) is -4.88. The molecule has 0 radical (unpaired) electrons. The van der Waals surface area contributed by atoms with E-state index in [4.69, 9.17) is 23.2 Å². The quantitative estimate of drug-likeness (QED) is 0.169. The highest BCUT2D eigenvalue weighted by atomic mass is 28.4. The second-order valence-corrected chi connectivity index (χ2v) is 23.7. The van der Waals surface area contributed by atoms with Gasteiger partial charge in [-0.3, -0.25) is 9.63 Å². The van der Waals surface area contributed by atoms with Gasteiger partial charge in [-0.25, -0.2) is 9.86 Å². The molecule has 1 spiro atoms. The molecule has 2 heterocycles. The van der Waals surface area contributed by atoms with Gasteiger partial charge < -0.3 is 23.4 Å². The van der Waals surface area contributed by atoms with Gasteiger partial charge in [-0.1, -0.05) is 69.3 Å². The lowest BCUT2D eigenvalue weighted by molar-refractivity contribution is -0.303. The van der Waals surface area contributed by atoms with Crippen molar-refractivity contribution < 1.29 is 37.9 Å². The summed E-state index contributed by atoms with van der Waals surface area (Å²) in [6.07, 6.45) is -2.94. The standard InChI is InChI=1S/C32H45NO8Si2/c1-30(2,3)43(7,8)41-28-26(40-42(4,5)6)31(19-24(34)33(31)38-20-22-15-11-9-12-16-22)25-27(39-25)32(28,36)21-37-29(35)23-17-13-10-14-18-23/h9-18,25-28,36H,19-21H2,1-8H3/t25-,26-,27+,28+,31-,32+/m1/s1. The van der Waals surface area contributed by atoms with Gasteiger partial charge in [0.15, 0.2) is 22.2 Å². The highest BCUT2D eigenvalue weighted by molar-refractivity contribution is 6.74. The smallest absolute Gasteiger partial charge is 0.338 e. The Kier molecular flexibility index (Phi) is 8.34. The van der Waals surface area contributed by atoms with Crippen molar-refractivity contribution >= 4 is 28.5 Å². The number of hydroxylamine groups is 2. The maximum atomic E-state index is 13.2. The van der Waals surface area contributed by atoms with E-state index in [1.807, 2.05) is 36.4 Å². The Morgan fingerprint density at radius 2 is 1.56 bits per heavy atom. The van der Waals surface area contributed by atoms with Crippen LogP contribution in [-0.2, 0) is 34.6 Å². The largest absolute Gasteiger partial charge is 0.459 e. The number of hydrogen-bond acceptors (Lipinski definition) is 8. The number of rotatable bonds is 10. The fraction of sp³-hybridized carbons (Fsp3) is 0.562. The van der Waals surface area contributed by atoms with Crippen LogP contribution in [0.5, 0.6) is 0 Å². The van der Waals surface area contributed by atoms with Crippen LogP contribution in [0.1, 0.15) is 43.1 Å². The molecule has 3 aliphatic rings. The van der Waals surface area contributed by atoms with Crippen LogP contribution >= 0.6 is 0 Å². The Balaban J connectivity index is 1.53. The zero-order valence-corrected chi connectivity index (χ0v) is 28.5. The van der Waals surface area contributed by atoms with Crippen molar-refractivity contribution in [3.8, 4) is 0 Å². The van der Waals surface area contributed by atoms with Crippen molar-refractivity contribution in [1.29, 1.82) is 0 Å². The number of hydrogen-bond donors (Lipinski definition) is 1. The van der Waals surface area contributed by atoms with E-state index in [9.17, 15) is 14.7 Å². The van der Waals surface area contributed by atoms with E-state index in [1.165, 1.54) is 5.06 Å². The van der Waals surface area contributed by atoms with Crippen molar-refractivity contribution in [3.05, 3.63) is 71.8 Å². The van der Waals surface area contributed by atoms with Crippen LogP contribution in [0, 0.1) is 0 Å². The van der Waals surface area contributed by atoms with Gasteiger partial charge in [0, 0.05) is 0 Å². The molecule has 5 rings (SSSR count). The SMILES string of the molecule is CC(C)(C)[Si](C)(C)O[C@H]1[C@@H](O[Si](C)(C)C)[C@@]2(CC(=O)N2OCc2ccccc2)[C@@H]2O[C@@H]2[C@@]1(O)COC(=O)c1ccccc1. The molecule has 0 aromatic heterocycles. The van der Waals surface area contributed by atoms with Gasteiger partial charge in [0.25, 0.3) is 0 Å². The Morgan fingerprint density at radius 1 is 0.953 bits per heavy atom. The molecule has 9 nitrogen and oxygen atoms in total. The number of esters is 1. The molecule has 0 unspecified atom stereocenters. The lowest BCUT2D eigenvalue weighted by atomic mass is 9.65. The molecule has 2 aromatic carbocycles. The van der Waals surface area contributed by atoms with Gasteiger partial charge in [0.1, 0.15) is 43.2 Å². The average Bonchev–Trinajstić information content (AvgIpc) is 3.74. The first-order valence-electron chi connectivity index (χ1n) is 15.0. The summed E-state index contributed by atoms with van der Waals surface area (Å²) in [5.41, 5.74) is -1.42. The van der Waals surface area contributed by atoms with Crippen molar-refractivity contribution in [1.82, 2.24) is 5.06 Å². The first kappa shape index (κ1) is 32.0. The monoisotopic (exact) mass is 627 g/mol. The predicted molar refractivity (Wildman–Crippen MR) is 166 cm³/mol. The Hall–Kier alpha value is -2.39. The second kappa shape index (κ2) is 11.2. The van der Waals surface area contributed by atoms with Crippen molar-refractivity contribution in [2.45, 2.75) is 107 Å². The highest BCUT2D eigenvalue weighted by Gasteiger charge is 2.82. The number of ether oxygens (including phenoxy) is 2. The van der Waals surface area contributed by atoms with E-state index in [-0.39, 0.29) is 30.6 Å². The molecule has 3 fully saturated rings. The number of aliphatic hydroxyl groups is 1. The minimum Gasteiger partial charge on any atom is -0.459 e. The van der Waals surface area contributed by atoms with Crippen LogP contribution in [0.15, 0.2) is 60.7 Å². The molecule has 11 heteroatoms. The normalized spacial score (nSPS) is 30.5. The Labute approximate surface area is 256 Å². The summed E-state index contributed by atoms with van der Waals surface area (Å²) in [6.45, 7) is 16.6. The van der Waals surface area contributed by atoms with Crippen LogP contribution in [0.2, 0.25) is 37.8 Å². The van der Waals surface area contributed by atoms with Crippen molar-refractivity contribution in [2.24, 2.45) is 0 Å². The van der Waals surface area contributed by atoms with E-state index in [0.29, 0.717) is 5.56 Å². The second-order valence-electron chi connectivity index (χ2n) is 14.5. The summed E-state index contributed by atoms with van der Waals surface area (Å²) in [5.74, 6) is -0.728. The first-order chi connectivity index (χ1) is 20.0. The number of benzene rings is 2. The molecule has 1 N–H and O–H groups in total. The fourth-order valence-corrected chi connectivity index (χ4v) is 8.20. The van der Waals surface area contributed by atoms with E-state index in [2.05, 4.69) is 53.5 Å². The number of nitrogens with zero attached hydrogens (tertiary/aromatic N) is 1. The Bertz CT molecular complexity index is 1330. The van der Waals surface area contributed by atoms with E-state index in [1.54, 1.807) is 24.3 Å². The topological polar surface area (TPSA) is 107 Å². The zero-order valence-electron chi connectivity index (χ0n) is 26.5. The average molecular weight is 628 g/mol. The van der Waals surface area contributed by atoms with Crippen LogP contribution in [-0.4, -0.2) is 80.8 Å². The lowest BCUT2D eigenvalue weighted by Crippen LogP contribution is -2.82. The predicted octanol–water partition coefficient (Wildman–Crippen LogP) is 5.07. The van der Waals surface area contributed by atoms with Gasteiger partial charge >= 0.3 is 5.97 Å². The number of amides is 1. The number of β-lactam (4-membered cyclic amide) rings is 1. The van der Waals surface area contributed by atoms with Crippen molar-refractivity contribution in [3.63, 3.8) is 0 Å². The van der Waals surface area contributed by atoms with E-state index < -0.39 is 58.2 Å². The number of carbonyl (C=O) groups is 2. The minimum atomic E-state index is -2.56. The molecule has 2 saturated heterocycles. The number of carbonyl (C=O) groups excluding carboxylic acids is 2. The first-order valence-corrected chi connectivity index (χ1v) is 21.3. The molecule has 0 bridgehead atoms. The van der Waals surface area contributed by atoms with Crippen LogP contribution in [0.3, 0.4) is 0 Å². The van der Waals surface area contributed by atoms with E-state index >= 15 is 0 Å². The number of fused-ring (bicyclic) bond motifs is 2. The van der Waals surface area contributed by atoms with Gasteiger partial charge in [-0.2, -0.15) is 0 Å². The fourth-order valence-electron chi connectivity index (χ4n) is 5.79. The van der Waals surface area contributed by atoms with Gasteiger partial charge in [0.05, 0.1) is 12.0 Å². The summed E-state index contributed by atoms with van der Waals surface area (Å²) in [5, 5.41) is 13.7. The maximum Gasteiger partial charge on any atom is 0.338 e. The third-order valence-corrected chi connectivity index (χ3v) is 14.5. The molecule has 43 heavy (non-hydrogen) atoms. The summed E-state index contributed by atoms with van der Waals surface area (Å²) in [6, 6.07) is 18.3. The zero-order chi connectivity index (χ0) is 31.4. The summed E-state index contributed by atoms with van der Waals surface area (Å²) >= 11 is 0. The molecule has 2 aliphatic heterocycles. The summed E-state index contributed by atoms with van der Waals surface area (Å²) in [4.78, 5) is 32.4. The molecular formula is C32H45NO8Si2. The third kappa shape index (κ3) is 6.00. The Morgan fingerprint density at radius 3 is 2.12 bits per heavy atom. The van der Waals surface area contributed by atoms with Crippen LogP contribution < -0.4 is 0 Å². The van der Waals surface area contributed by atoms with Crippen LogP contribution in [0.4, 0.5) is 0 Å². The van der Waals surface area contributed by atoms with Gasteiger partial charge in [0.2, 0.25) is 5.91 Å². The molecule has 1 saturated carbocycles. The van der Waals surface area contributed by atoms with Gasteiger partial charge in [-0.15, -0.1) is 0 Å². The maximum absolute atomic E-state index is 13.2. The third-order valence-electron chi connectivity index (χ3n) is 9.13. The molecule has 6 atom stereocenters. The molecule has 234 valence electrons.